The minimum absolute atomic E-state index is 0. The molecule has 46 heavy (non-hydrogen) atoms. The average molecular weight is 688 g/mol. The maximum Gasteiger partial charge on any atom is 2.00 e. The second kappa shape index (κ2) is 22.9. The van der Waals surface area contributed by atoms with Crippen LogP contribution in [0.25, 0.3) is 0 Å². The summed E-state index contributed by atoms with van der Waals surface area (Å²) in [6.45, 7) is 4.50. The minimum atomic E-state index is -3.35. The molecule has 5 aromatic carbocycles. The molecule has 0 atom stereocenters. The third-order valence-electron chi connectivity index (χ3n) is 7.00. The predicted molar refractivity (Wildman–Crippen MR) is 188 cm³/mol. The van der Waals surface area contributed by atoms with E-state index in [1.807, 2.05) is 30.3 Å². The Labute approximate surface area is 287 Å². The number of rotatable bonds is 8. The molecule has 0 bridgehead atoms. The van der Waals surface area contributed by atoms with Gasteiger partial charge in [0.25, 0.3) is 0 Å². The number of sulfone groups is 1. The van der Waals surface area contributed by atoms with Gasteiger partial charge in [0.15, 0.2) is 9.84 Å². The molecule has 236 valence electrons. The van der Waals surface area contributed by atoms with Crippen LogP contribution in [0, 0.1) is 12.7 Å². The molecule has 1 aliphatic carbocycles. The van der Waals surface area contributed by atoms with Crippen LogP contribution in [0.3, 0.4) is 0 Å². The average Bonchev–Trinajstić information content (AvgIpc) is 3.71. The smallest absolute Gasteiger partial charge is 0.0622 e. The van der Waals surface area contributed by atoms with Gasteiger partial charge in [-0.2, -0.15) is 6.42 Å². The van der Waals surface area contributed by atoms with Crippen LogP contribution < -0.4 is 15.9 Å². The molecule has 1 fully saturated rings. The fraction of sp³-hybridized carbons (Fsp3) is 0.175. The molecule has 3 nitrogen and oxygen atoms in total. The maximum atomic E-state index is 11.9. The zero-order valence-corrected chi connectivity index (χ0v) is 28.7. The van der Waals surface area contributed by atoms with Crippen LogP contribution >= 0.6 is 7.92 Å². The zero-order chi connectivity index (χ0) is 32.0. The summed E-state index contributed by atoms with van der Waals surface area (Å²) < 4.78 is 31.4. The largest absolute Gasteiger partial charge is 2.00 e. The van der Waals surface area contributed by atoms with Gasteiger partial charge in [0.05, 0.1) is 4.90 Å². The van der Waals surface area contributed by atoms with Gasteiger partial charge >= 0.3 is 28.4 Å². The fourth-order valence-electron chi connectivity index (χ4n) is 4.77. The predicted octanol–water partition coefficient (Wildman–Crippen LogP) is 8.77. The monoisotopic (exact) mass is 687 g/mol. The van der Waals surface area contributed by atoms with Crippen molar-refractivity contribution in [3.8, 4) is 0 Å². The SMILES string of the molecule is C1CCCC1.O=S(=O)(C=[C-]CCc1ccccc1)c1ccccc1.[C-]#[O+].[Fe+2].c1ccc(P(c2ccccc2)c2ccccc2)cc1. The zero-order valence-electron chi connectivity index (χ0n) is 25.9. The van der Waals surface area contributed by atoms with Crippen LogP contribution in [0.4, 0.5) is 0 Å². The van der Waals surface area contributed by atoms with E-state index < -0.39 is 17.8 Å². The van der Waals surface area contributed by atoms with Gasteiger partial charge in [-0.3, -0.25) is 0 Å². The molecule has 0 spiro atoms. The van der Waals surface area contributed by atoms with Crippen molar-refractivity contribution in [2.24, 2.45) is 0 Å². The van der Waals surface area contributed by atoms with Crippen molar-refractivity contribution >= 4 is 33.7 Å². The molecule has 1 saturated carbocycles. The minimum Gasteiger partial charge on any atom is -0.0622 e. The van der Waals surface area contributed by atoms with Crippen LogP contribution in [-0.2, 0) is 38.0 Å². The first kappa shape index (κ1) is 38.7. The molecule has 0 saturated heterocycles. The van der Waals surface area contributed by atoms with Crippen molar-refractivity contribution in [3.05, 3.63) is 175 Å². The number of allylic oxidation sites excluding steroid dienone is 1. The van der Waals surface area contributed by atoms with Crippen LogP contribution in [0.1, 0.15) is 44.1 Å². The Morgan fingerprint density at radius 2 is 0.891 bits per heavy atom. The van der Waals surface area contributed by atoms with E-state index in [1.165, 1.54) is 59.0 Å². The quantitative estimate of drug-likeness (QED) is 0.0709. The van der Waals surface area contributed by atoms with E-state index in [1.54, 1.807) is 30.3 Å². The van der Waals surface area contributed by atoms with E-state index in [0.29, 0.717) is 11.3 Å². The molecule has 0 aromatic heterocycles. The normalized spacial score (nSPS) is 11.9. The number of hydrogen-bond acceptors (Lipinski definition) is 2. The first-order valence-corrected chi connectivity index (χ1v) is 18.1. The summed E-state index contributed by atoms with van der Waals surface area (Å²) in [6.07, 6.45) is 11.7. The summed E-state index contributed by atoms with van der Waals surface area (Å²) in [6, 6.07) is 50.7. The van der Waals surface area contributed by atoms with Crippen LogP contribution in [0.2, 0.25) is 0 Å². The molecule has 0 N–H and O–H groups in total. The molecular formula is C40H40FeO3PS+. The van der Waals surface area contributed by atoms with Gasteiger partial charge in [0.2, 0.25) is 0 Å². The molecular weight excluding hydrogens is 647 g/mol. The third-order valence-corrected chi connectivity index (χ3v) is 10.9. The fourth-order valence-corrected chi connectivity index (χ4v) is 8.09. The first-order chi connectivity index (χ1) is 22.1. The van der Waals surface area contributed by atoms with Gasteiger partial charge in [-0.15, -0.1) is 5.41 Å². The molecule has 6 heteroatoms. The standard InChI is InChI=1S/C18H15P.C16H15O2S.C5H10.CO.Fe/c1-4-10-16(11-5-1)19(17-12-6-2-7-13-17)18-14-8-3-9-15-18;17-19(18,16-12-5-2-6-13-16)14-8-7-11-15-9-3-1-4-10-15;1-2-4-5-3-1;1-2;/h1-15H;1-6,9-10,12-14H,7,11H2;1-5H2;;/q;-1;;;+2. The van der Waals surface area contributed by atoms with E-state index in [2.05, 4.69) is 104 Å². The van der Waals surface area contributed by atoms with Gasteiger partial charge in [-0.05, 0) is 36.0 Å². The summed E-state index contributed by atoms with van der Waals surface area (Å²) in [5.41, 5.74) is 1.18. The molecule has 0 amide bonds. The van der Waals surface area contributed by atoms with Gasteiger partial charge in [-0.25, -0.2) is 8.42 Å². The van der Waals surface area contributed by atoms with Crippen LogP contribution in [0.15, 0.2) is 162 Å². The van der Waals surface area contributed by atoms with Crippen molar-refractivity contribution in [3.63, 3.8) is 0 Å². The Balaban J connectivity index is 0.000000261. The van der Waals surface area contributed by atoms with Crippen molar-refractivity contribution in [1.82, 2.24) is 0 Å². The maximum absolute atomic E-state index is 11.9. The molecule has 0 aliphatic heterocycles. The summed E-state index contributed by atoms with van der Waals surface area (Å²) in [5.74, 6) is 0. The van der Waals surface area contributed by atoms with E-state index in [9.17, 15) is 8.42 Å². The van der Waals surface area contributed by atoms with E-state index in [4.69, 9.17) is 4.65 Å². The molecule has 0 radical (unpaired) electrons. The Hall–Kier alpha value is -3.52. The van der Waals surface area contributed by atoms with Crippen LogP contribution in [0.5, 0.6) is 0 Å². The Kier molecular flexibility index (Phi) is 19.2. The molecule has 1 aliphatic rings. The summed E-state index contributed by atoms with van der Waals surface area (Å²) in [4.78, 5) is 0.308. The third kappa shape index (κ3) is 13.9. The number of benzene rings is 5. The van der Waals surface area contributed by atoms with Crippen molar-refractivity contribution in [2.75, 3.05) is 0 Å². The second-order valence-corrected chi connectivity index (χ2v) is 14.3. The Morgan fingerprint density at radius 3 is 1.26 bits per heavy atom. The summed E-state index contributed by atoms with van der Waals surface area (Å²) in [7, 11) is -3.80. The van der Waals surface area contributed by atoms with Gasteiger partial charge in [-0.1, -0.05) is 184 Å². The summed E-state index contributed by atoms with van der Waals surface area (Å²) in [5, 5.41) is 5.37. The van der Waals surface area contributed by atoms with E-state index in [0.717, 1.165) is 6.42 Å². The second-order valence-electron chi connectivity index (χ2n) is 10.3. The summed E-state index contributed by atoms with van der Waals surface area (Å²) >= 11 is 0. The van der Waals surface area contributed by atoms with Gasteiger partial charge in [0, 0.05) is 0 Å². The molecule has 0 heterocycles. The van der Waals surface area contributed by atoms with Crippen molar-refractivity contribution in [1.29, 1.82) is 0 Å². The van der Waals surface area contributed by atoms with Crippen molar-refractivity contribution in [2.45, 2.75) is 49.8 Å². The number of hydrogen-bond donors (Lipinski definition) is 0. The van der Waals surface area contributed by atoms with E-state index >= 15 is 0 Å². The van der Waals surface area contributed by atoms with Crippen LogP contribution in [-0.4, -0.2) is 8.42 Å². The molecule has 0 unspecified atom stereocenters. The van der Waals surface area contributed by atoms with Crippen molar-refractivity contribution < 1.29 is 30.1 Å². The van der Waals surface area contributed by atoms with Gasteiger partial charge in [0.1, 0.15) is 0 Å². The number of aryl methyl sites for hydroxylation is 1. The Bertz CT molecular complexity index is 1520. The van der Waals surface area contributed by atoms with E-state index in [-0.39, 0.29) is 17.1 Å². The first-order valence-electron chi connectivity index (χ1n) is 15.2. The topological polar surface area (TPSA) is 54.0 Å². The molecule has 6 rings (SSSR count). The molecule has 5 aromatic rings. The van der Waals surface area contributed by atoms with Gasteiger partial charge < -0.3 is 6.08 Å². The Morgan fingerprint density at radius 1 is 0.565 bits per heavy atom.